The van der Waals surface area contributed by atoms with Gasteiger partial charge in [0, 0.05) is 11.4 Å². The molecule has 0 aromatic carbocycles. The van der Waals surface area contributed by atoms with Gasteiger partial charge in [-0.1, -0.05) is 11.6 Å². The Labute approximate surface area is 110 Å². The molecule has 96 valence electrons. The first-order valence-corrected chi connectivity index (χ1v) is 8.22. The maximum Gasteiger partial charge on any atom is 0.154 e. The summed E-state index contributed by atoms with van der Waals surface area (Å²) in [7, 11) is -1.27. The van der Waals surface area contributed by atoms with E-state index in [4.69, 9.17) is 11.6 Å². The van der Waals surface area contributed by atoms with Crippen LogP contribution in [0, 0.1) is 0 Å². The molecule has 2 atom stereocenters. The van der Waals surface area contributed by atoms with Crippen LogP contribution >= 0.6 is 22.9 Å². The first-order chi connectivity index (χ1) is 7.87. The molecule has 1 aromatic heterocycles. The summed E-state index contributed by atoms with van der Waals surface area (Å²) in [5.74, 6) is -0.100. The smallest absolute Gasteiger partial charge is 0.154 e. The lowest BCUT2D eigenvalue weighted by molar-refractivity contribution is 0.0963. The van der Waals surface area contributed by atoms with Crippen LogP contribution in [0.5, 0.6) is 0 Å². The summed E-state index contributed by atoms with van der Waals surface area (Å²) >= 11 is 7.30. The second kappa shape index (κ2) is 4.85. The minimum absolute atomic E-state index is 0.0315. The molecular formula is C10H14ClNO3S2. The van der Waals surface area contributed by atoms with E-state index in [0.717, 1.165) is 4.88 Å². The highest BCUT2D eigenvalue weighted by Gasteiger charge is 2.38. The van der Waals surface area contributed by atoms with Crippen molar-refractivity contribution in [1.82, 2.24) is 4.90 Å². The van der Waals surface area contributed by atoms with E-state index < -0.39 is 15.9 Å². The number of thiophene rings is 1. The van der Waals surface area contributed by atoms with Crippen molar-refractivity contribution in [3.63, 3.8) is 0 Å². The van der Waals surface area contributed by atoms with E-state index in [1.54, 1.807) is 0 Å². The molecule has 0 radical (unpaired) electrons. The molecule has 4 nitrogen and oxygen atoms in total. The van der Waals surface area contributed by atoms with Gasteiger partial charge in [-0.05, 0) is 19.2 Å². The number of halogens is 1. The van der Waals surface area contributed by atoms with Gasteiger partial charge in [0.1, 0.15) is 0 Å². The first-order valence-electron chi connectivity index (χ1n) is 5.20. The molecule has 17 heavy (non-hydrogen) atoms. The number of rotatable bonds is 3. The minimum atomic E-state index is -3.09. The number of nitrogens with zero attached hydrogens (tertiary/aromatic N) is 1. The van der Waals surface area contributed by atoms with Gasteiger partial charge in [0.05, 0.1) is 28.0 Å². The zero-order chi connectivity index (χ0) is 12.6. The Balaban J connectivity index is 2.03. The SMILES string of the molecule is CN(Cc1ccc(Cl)s1)C1CS(=O)(=O)CC1O. The minimum Gasteiger partial charge on any atom is -0.390 e. The van der Waals surface area contributed by atoms with Crippen molar-refractivity contribution in [2.75, 3.05) is 18.6 Å². The molecule has 2 unspecified atom stereocenters. The molecule has 0 aliphatic carbocycles. The predicted molar refractivity (Wildman–Crippen MR) is 69.2 cm³/mol. The molecule has 2 rings (SSSR count). The summed E-state index contributed by atoms with van der Waals surface area (Å²) in [5, 5.41) is 9.73. The standard InChI is InChI=1S/C10H14ClNO3S2/c1-12(4-7-2-3-10(11)16-7)8-5-17(14,15)6-9(8)13/h2-3,8-9,13H,4-6H2,1H3. The van der Waals surface area contributed by atoms with E-state index in [1.807, 2.05) is 24.1 Å². The molecule has 0 bridgehead atoms. The van der Waals surface area contributed by atoms with E-state index in [2.05, 4.69) is 0 Å². The van der Waals surface area contributed by atoms with Gasteiger partial charge in [-0.25, -0.2) is 8.42 Å². The van der Waals surface area contributed by atoms with E-state index in [1.165, 1.54) is 11.3 Å². The van der Waals surface area contributed by atoms with Crippen molar-refractivity contribution < 1.29 is 13.5 Å². The lowest BCUT2D eigenvalue weighted by Gasteiger charge is -2.25. The second-order valence-corrected chi connectivity index (χ2v) is 8.29. The third-order valence-corrected chi connectivity index (χ3v) is 5.81. The monoisotopic (exact) mass is 295 g/mol. The zero-order valence-corrected chi connectivity index (χ0v) is 11.7. The second-order valence-electron chi connectivity index (χ2n) is 4.33. The van der Waals surface area contributed by atoms with Crippen molar-refractivity contribution in [2.45, 2.75) is 18.7 Å². The van der Waals surface area contributed by atoms with Crippen molar-refractivity contribution in [3.05, 3.63) is 21.3 Å². The third kappa shape index (κ3) is 3.20. The fraction of sp³-hybridized carbons (Fsp3) is 0.600. The van der Waals surface area contributed by atoms with E-state index in [-0.39, 0.29) is 17.5 Å². The number of aliphatic hydroxyl groups excluding tert-OH is 1. The molecule has 1 aliphatic rings. The highest BCUT2D eigenvalue weighted by molar-refractivity contribution is 7.91. The summed E-state index contributed by atoms with van der Waals surface area (Å²) in [4.78, 5) is 2.94. The number of sulfone groups is 1. The van der Waals surface area contributed by atoms with Gasteiger partial charge in [-0.15, -0.1) is 11.3 Å². The van der Waals surface area contributed by atoms with E-state index >= 15 is 0 Å². The van der Waals surface area contributed by atoms with E-state index in [9.17, 15) is 13.5 Å². The third-order valence-electron chi connectivity index (χ3n) is 2.89. The van der Waals surface area contributed by atoms with Crippen LogP contribution in [0.15, 0.2) is 12.1 Å². The molecule has 0 saturated carbocycles. The number of aliphatic hydroxyl groups is 1. The van der Waals surface area contributed by atoms with Crippen LogP contribution in [-0.4, -0.2) is 49.1 Å². The Morgan fingerprint density at radius 1 is 1.53 bits per heavy atom. The first kappa shape index (κ1) is 13.3. The van der Waals surface area contributed by atoms with Crippen LogP contribution in [-0.2, 0) is 16.4 Å². The number of likely N-dealkylation sites (N-methyl/N-ethyl adjacent to an activating group) is 1. The average Bonchev–Trinajstić information content (AvgIpc) is 2.70. The van der Waals surface area contributed by atoms with Crippen molar-refractivity contribution in [3.8, 4) is 0 Å². The van der Waals surface area contributed by atoms with Crippen LogP contribution in [0.1, 0.15) is 4.88 Å². The Morgan fingerprint density at radius 3 is 2.71 bits per heavy atom. The quantitative estimate of drug-likeness (QED) is 0.903. The topological polar surface area (TPSA) is 57.6 Å². The number of hydrogen-bond acceptors (Lipinski definition) is 5. The summed E-state index contributed by atoms with van der Waals surface area (Å²) in [6, 6.07) is 3.41. The van der Waals surface area contributed by atoms with Gasteiger partial charge in [0.25, 0.3) is 0 Å². The zero-order valence-electron chi connectivity index (χ0n) is 9.34. The van der Waals surface area contributed by atoms with Crippen LogP contribution < -0.4 is 0 Å². The van der Waals surface area contributed by atoms with Crippen LogP contribution in [0.25, 0.3) is 0 Å². The van der Waals surface area contributed by atoms with Gasteiger partial charge in [-0.2, -0.15) is 0 Å². The fourth-order valence-electron chi connectivity index (χ4n) is 2.03. The average molecular weight is 296 g/mol. The Morgan fingerprint density at radius 2 is 2.24 bits per heavy atom. The normalized spacial score (nSPS) is 27.8. The molecule has 1 fully saturated rings. The Hall–Kier alpha value is -0.140. The largest absolute Gasteiger partial charge is 0.390 e. The van der Waals surface area contributed by atoms with Crippen molar-refractivity contribution in [1.29, 1.82) is 0 Å². The molecule has 1 saturated heterocycles. The van der Waals surface area contributed by atoms with Gasteiger partial charge in [0.2, 0.25) is 0 Å². The summed E-state index contributed by atoms with van der Waals surface area (Å²) < 4.78 is 23.5. The maximum absolute atomic E-state index is 11.4. The highest BCUT2D eigenvalue weighted by Crippen LogP contribution is 2.25. The summed E-state index contributed by atoms with van der Waals surface area (Å²) in [6.07, 6.45) is -0.791. The Bertz CT molecular complexity index is 499. The molecule has 7 heteroatoms. The predicted octanol–water partition coefficient (Wildman–Crippen LogP) is 0.991. The van der Waals surface area contributed by atoms with Crippen molar-refractivity contribution in [2.24, 2.45) is 0 Å². The lowest BCUT2D eigenvalue weighted by Crippen LogP contribution is -2.39. The molecule has 1 N–H and O–H groups in total. The molecular weight excluding hydrogens is 282 g/mol. The van der Waals surface area contributed by atoms with Gasteiger partial charge < -0.3 is 5.11 Å². The van der Waals surface area contributed by atoms with Gasteiger partial charge >= 0.3 is 0 Å². The van der Waals surface area contributed by atoms with Crippen LogP contribution in [0.3, 0.4) is 0 Å². The maximum atomic E-state index is 11.4. The Kier molecular flexibility index (Phi) is 3.80. The van der Waals surface area contributed by atoms with Gasteiger partial charge in [0.15, 0.2) is 9.84 Å². The molecule has 2 heterocycles. The van der Waals surface area contributed by atoms with Crippen LogP contribution in [0.2, 0.25) is 4.34 Å². The highest BCUT2D eigenvalue weighted by atomic mass is 35.5. The molecule has 1 aliphatic heterocycles. The van der Waals surface area contributed by atoms with Crippen molar-refractivity contribution >= 4 is 32.8 Å². The fourth-order valence-corrected chi connectivity index (χ4v) is 5.06. The van der Waals surface area contributed by atoms with Gasteiger partial charge in [-0.3, -0.25) is 4.90 Å². The number of hydrogen-bond donors (Lipinski definition) is 1. The lowest BCUT2D eigenvalue weighted by atomic mass is 10.2. The molecule has 1 aromatic rings. The summed E-state index contributed by atoms with van der Waals surface area (Å²) in [5.41, 5.74) is 0. The summed E-state index contributed by atoms with van der Waals surface area (Å²) in [6.45, 7) is 0.606. The van der Waals surface area contributed by atoms with Crippen LogP contribution in [0.4, 0.5) is 0 Å². The molecule has 0 spiro atoms. The molecule has 0 amide bonds. The van der Waals surface area contributed by atoms with E-state index in [0.29, 0.717) is 10.9 Å².